The van der Waals surface area contributed by atoms with Gasteiger partial charge in [-0.2, -0.15) is 13.2 Å². The fourth-order valence-corrected chi connectivity index (χ4v) is 2.03. The lowest BCUT2D eigenvalue weighted by molar-refractivity contribution is -0.143. The summed E-state index contributed by atoms with van der Waals surface area (Å²) < 4.78 is 42.6. The molecule has 0 saturated heterocycles. The summed E-state index contributed by atoms with van der Waals surface area (Å²) in [6.45, 7) is 1.88. The molecule has 1 aromatic heterocycles. The molecule has 94 valence electrons. The number of aliphatic hydroxyl groups excluding tert-OH is 1. The predicted octanol–water partition coefficient (Wildman–Crippen LogP) is 3.71. The molecule has 0 saturated carbocycles. The van der Waals surface area contributed by atoms with E-state index >= 15 is 0 Å². The molecule has 0 aromatic carbocycles. The van der Waals surface area contributed by atoms with E-state index in [1.54, 1.807) is 0 Å². The first-order valence-electron chi connectivity index (χ1n) is 5.42. The minimum Gasteiger partial charge on any atom is -0.512 e. The molecule has 0 spiro atoms. The number of allylic oxidation sites excluding steroid dienone is 2. The largest absolute Gasteiger partial charge is 0.512 e. The summed E-state index contributed by atoms with van der Waals surface area (Å²) in [5.41, 5.74) is -0.441. The van der Waals surface area contributed by atoms with Crippen molar-refractivity contribution in [2.24, 2.45) is 0 Å². The van der Waals surface area contributed by atoms with Crippen LogP contribution in [0, 0.1) is 0 Å². The summed E-state index contributed by atoms with van der Waals surface area (Å²) in [5.74, 6) is 0.215. The molecule has 3 nitrogen and oxygen atoms in total. The highest BCUT2D eigenvalue weighted by atomic mass is 19.4. The van der Waals surface area contributed by atoms with Crippen molar-refractivity contribution in [1.29, 1.82) is 0 Å². The van der Waals surface area contributed by atoms with Crippen molar-refractivity contribution in [2.75, 3.05) is 0 Å². The molecule has 6 heteroatoms. The van der Waals surface area contributed by atoms with Gasteiger partial charge in [-0.3, -0.25) is 0 Å². The zero-order valence-electron chi connectivity index (χ0n) is 9.26. The maximum Gasteiger partial charge on any atom is 0.437 e. The van der Waals surface area contributed by atoms with Crippen molar-refractivity contribution in [3.8, 4) is 0 Å². The van der Waals surface area contributed by atoms with Gasteiger partial charge >= 0.3 is 6.18 Å². The highest BCUT2D eigenvalue weighted by Gasteiger charge is 2.41. The van der Waals surface area contributed by atoms with Crippen LogP contribution >= 0.6 is 0 Å². The Bertz CT molecular complexity index is 460. The van der Waals surface area contributed by atoms with Crippen LogP contribution in [0.4, 0.5) is 13.2 Å². The van der Waals surface area contributed by atoms with Gasteiger partial charge < -0.3 is 9.63 Å². The van der Waals surface area contributed by atoms with Gasteiger partial charge in [0.25, 0.3) is 0 Å². The number of hydrogen-bond donors (Lipinski definition) is 1. The molecule has 1 aliphatic rings. The van der Waals surface area contributed by atoms with Crippen molar-refractivity contribution >= 4 is 5.57 Å². The fraction of sp³-hybridized carbons (Fsp3) is 0.545. The summed E-state index contributed by atoms with van der Waals surface area (Å²) in [6, 6.07) is 0. The van der Waals surface area contributed by atoms with E-state index < -0.39 is 11.9 Å². The van der Waals surface area contributed by atoms with Gasteiger partial charge in [-0.25, -0.2) is 0 Å². The molecule has 0 fully saturated rings. The lowest BCUT2D eigenvalue weighted by Crippen LogP contribution is -2.12. The molecule has 1 aliphatic carbocycles. The Morgan fingerprint density at radius 1 is 1.35 bits per heavy atom. The summed E-state index contributed by atoms with van der Waals surface area (Å²) in [4.78, 5) is 0. The lowest BCUT2D eigenvalue weighted by atomic mass is 9.92. The summed E-state index contributed by atoms with van der Waals surface area (Å²) in [6.07, 6.45) is -2.95. The van der Waals surface area contributed by atoms with E-state index in [0.717, 1.165) is 6.42 Å². The van der Waals surface area contributed by atoms with E-state index in [2.05, 4.69) is 5.16 Å². The van der Waals surface area contributed by atoms with Gasteiger partial charge in [0.2, 0.25) is 0 Å². The van der Waals surface area contributed by atoms with Crippen LogP contribution < -0.4 is 0 Å². The average Bonchev–Trinajstić information content (AvgIpc) is 2.65. The van der Waals surface area contributed by atoms with Crippen LogP contribution in [0.25, 0.3) is 5.57 Å². The smallest absolute Gasteiger partial charge is 0.437 e. The molecule has 0 amide bonds. The third kappa shape index (κ3) is 2.03. The van der Waals surface area contributed by atoms with Crippen molar-refractivity contribution in [3.05, 3.63) is 22.8 Å². The van der Waals surface area contributed by atoms with Crippen LogP contribution in [-0.2, 0) is 12.6 Å². The minimum absolute atomic E-state index is 0.0683. The average molecular weight is 247 g/mol. The third-order valence-corrected chi connectivity index (χ3v) is 2.79. The maximum absolute atomic E-state index is 12.6. The van der Waals surface area contributed by atoms with Crippen molar-refractivity contribution < 1.29 is 22.8 Å². The molecule has 0 aliphatic heterocycles. The topological polar surface area (TPSA) is 46.3 Å². The van der Waals surface area contributed by atoms with E-state index in [1.165, 1.54) is 0 Å². The first kappa shape index (κ1) is 12.0. The van der Waals surface area contributed by atoms with E-state index in [9.17, 15) is 18.3 Å². The first-order valence-corrected chi connectivity index (χ1v) is 5.42. The molecular weight excluding hydrogens is 235 g/mol. The second kappa shape index (κ2) is 4.09. The summed E-state index contributed by atoms with van der Waals surface area (Å²) in [5, 5.41) is 12.8. The molecule has 17 heavy (non-hydrogen) atoms. The van der Waals surface area contributed by atoms with E-state index in [1.807, 2.05) is 6.92 Å². The Hall–Kier alpha value is -1.46. The Labute approximate surface area is 95.9 Å². The predicted molar refractivity (Wildman–Crippen MR) is 54.3 cm³/mol. The molecule has 0 atom stereocenters. The molecular formula is C11H12F3NO2. The molecule has 0 radical (unpaired) electrons. The number of hydrogen-bond acceptors (Lipinski definition) is 3. The number of fused-ring (bicyclic) bond motifs is 1. The molecule has 2 rings (SSSR count). The second-order valence-electron chi connectivity index (χ2n) is 4.01. The van der Waals surface area contributed by atoms with Gasteiger partial charge in [0, 0.05) is 17.6 Å². The minimum atomic E-state index is -4.50. The van der Waals surface area contributed by atoms with Crippen molar-refractivity contribution in [2.45, 2.75) is 38.8 Å². The highest BCUT2D eigenvalue weighted by molar-refractivity contribution is 5.68. The normalized spacial score (nSPS) is 16.2. The number of nitrogens with zero attached hydrogens (tertiary/aromatic N) is 1. The van der Waals surface area contributed by atoms with Gasteiger partial charge in [-0.1, -0.05) is 18.5 Å². The van der Waals surface area contributed by atoms with Crippen LogP contribution in [0.15, 0.2) is 10.3 Å². The first-order chi connectivity index (χ1) is 7.95. The zero-order chi connectivity index (χ0) is 12.6. The lowest BCUT2D eigenvalue weighted by Gasteiger charge is -2.15. The quantitative estimate of drug-likeness (QED) is 0.866. The highest BCUT2D eigenvalue weighted by Crippen LogP contribution is 2.40. The number of aliphatic hydroxyl groups is 1. The van der Waals surface area contributed by atoms with E-state index in [-0.39, 0.29) is 29.9 Å². The number of aromatic nitrogens is 1. The Balaban J connectivity index is 2.48. The van der Waals surface area contributed by atoms with Crippen LogP contribution in [-0.4, -0.2) is 10.3 Å². The van der Waals surface area contributed by atoms with E-state index in [4.69, 9.17) is 4.52 Å². The fourth-order valence-electron chi connectivity index (χ4n) is 2.03. The maximum atomic E-state index is 12.6. The van der Waals surface area contributed by atoms with Gasteiger partial charge in [-0.05, 0) is 12.8 Å². The molecule has 1 aromatic rings. The molecule has 0 bridgehead atoms. The number of rotatable bonds is 2. The SMILES string of the molecule is CCCC1=C(O)CCc2c(C(F)(F)F)noc21. The second-order valence-corrected chi connectivity index (χ2v) is 4.01. The molecule has 0 unspecified atom stereocenters. The monoisotopic (exact) mass is 247 g/mol. The van der Waals surface area contributed by atoms with Gasteiger partial charge in [0.1, 0.15) is 0 Å². The zero-order valence-corrected chi connectivity index (χ0v) is 9.26. The van der Waals surface area contributed by atoms with Gasteiger partial charge in [-0.15, -0.1) is 0 Å². The molecule has 1 heterocycles. The number of alkyl halides is 3. The number of halogens is 3. The van der Waals surface area contributed by atoms with Gasteiger partial charge in [0.15, 0.2) is 11.5 Å². The van der Waals surface area contributed by atoms with Crippen molar-refractivity contribution in [3.63, 3.8) is 0 Å². The van der Waals surface area contributed by atoms with Gasteiger partial charge in [0.05, 0.1) is 5.76 Å². The van der Waals surface area contributed by atoms with Crippen LogP contribution in [0.5, 0.6) is 0 Å². The van der Waals surface area contributed by atoms with Crippen molar-refractivity contribution in [1.82, 2.24) is 5.16 Å². The summed E-state index contributed by atoms with van der Waals surface area (Å²) in [7, 11) is 0. The standard InChI is InChI=1S/C11H12F3NO2/c1-2-3-6-8(16)5-4-7-9(6)17-15-10(7)11(12,13)14/h16H,2-5H2,1H3. The molecule has 1 N–H and O–H groups in total. The Morgan fingerprint density at radius 2 is 2.06 bits per heavy atom. The summed E-state index contributed by atoms with van der Waals surface area (Å²) >= 11 is 0. The van der Waals surface area contributed by atoms with Crippen LogP contribution in [0.2, 0.25) is 0 Å². The van der Waals surface area contributed by atoms with E-state index in [0.29, 0.717) is 12.0 Å². The Kier molecular flexibility index (Phi) is 2.89. The Morgan fingerprint density at radius 3 is 2.65 bits per heavy atom. The third-order valence-electron chi connectivity index (χ3n) is 2.79. The van der Waals surface area contributed by atoms with Crippen LogP contribution in [0.1, 0.15) is 43.2 Å². The van der Waals surface area contributed by atoms with Crippen LogP contribution in [0.3, 0.4) is 0 Å².